The summed E-state index contributed by atoms with van der Waals surface area (Å²) >= 11 is 0. The van der Waals surface area contributed by atoms with Crippen molar-refractivity contribution in [2.75, 3.05) is 6.54 Å². The molecular formula is C15H19F2N. The van der Waals surface area contributed by atoms with Crippen molar-refractivity contribution in [2.24, 2.45) is 0 Å². The summed E-state index contributed by atoms with van der Waals surface area (Å²) in [5, 5.41) is 3.06. The number of rotatable bonds is 4. The molecule has 18 heavy (non-hydrogen) atoms. The van der Waals surface area contributed by atoms with Crippen LogP contribution < -0.4 is 5.32 Å². The third kappa shape index (κ3) is 3.91. The average molecular weight is 251 g/mol. The molecule has 0 spiro atoms. The highest BCUT2D eigenvalue weighted by Gasteiger charge is 2.10. The first-order valence-electron chi connectivity index (χ1n) is 6.57. The number of halogens is 2. The fourth-order valence-corrected chi connectivity index (χ4v) is 2.29. The Labute approximate surface area is 107 Å². The van der Waals surface area contributed by atoms with Crippen LogP contribution in [-0.4, -0.2) is 6.54 Å². The number of allylic oxidation sites excluding steroid dienone is 1. The molecule has 1 aliphatic carbocycles. The van der Waals surface area contributed by atoms with Crippen LogP contribution in [0.5, 0.6) is 0 Å². The number of hydrogen-bond donors (Lipinski definition) is 1. The molecule has 0 unspecified atom stereocenters. The third-order valence-electron chi connectivity index (χ3n) is 3.36. The molecule has 1 saturated carbocycles. The lowest BCUT2D eigenvalue weighted by atomic mass is 9.94. The normalized spacial score (nSPS) is 15.8. The summed E-state index contributed by atoms with van der Waals surface area (Å²) in [6.07, 6.45) is 5.26. The first-order valence-corrected chi connectivity index (χ1v) is 6.57. The third-order valence-corrected chi connectivity index (χ3v) is 3.36. The molecule has 1 aromatic rings. The van der Waals surface area contributed by atoms with Crippen molar-refractivity contribution in [1.82, 2.24) is 5.32 Å². The van der Waals surface area contributed by atoms with Crippen LogP contribution in [0.25, 0.3) is 0 Å². The molecule has 3 heteroatoms. The molecule has 0 aliphatic heterocycles. The van der Waals surface area contributed by atoms with Gasteiger partial charge in [-0.05, 0) is 49.0 Å². The largest absolute Gasteiger partial charge is 0.306 e. The van der Waals surface area contributed by atoms with Crippen LogP contribution in [0.2, 0.25) is 0 Å². The van der Waals surface area contributed by atoms with E-state index in [-0.39, 0.29) is 18.2 Å². The van der Waals surface area contributed by atoms with E-state index in [1.165, 1.54) is 18.6 Å². The lowest BCUT2D eigenvalue weighted by Gasteiger charge is -2.15. The van der Waals surface area contributed by atoms with Crippen LogP contribution in [-0.2, 0) is 6.54 Å². The Bertz CT molecular complexity index is 401. The van der Waals surface area contributed by atoms with Gasteiger partial charge in [-0.15, -0.1) is 0 Å². The zero-order chi connectivity index (χ0) is 12.8. The molecule has 0 heterocycles. The fraction of sp³-hybridized carbons (Fsp3) is 0.467. The van der Waals surface area contributed by atoms with E-state index < -0.39 is 0 Å². The standard InChI is InChI=1S/C15H19F2N/c16-14-8-6-12(7-9-14)10-18-11-15(17)13-4-2-1-3-5-13/h6-9,18H,1-5,10-11H2. The monoisotopic (exact) mass is 251 g/mol. The van der Waals surface area contributed by atoms with Gasteiger partial charge in [0.1, 0.15) is 11.6 Å². The lowest BCUT2D eigenvalue weighted by Crippen LogP contribution is -2.16. The molecule has 1 aliphatic rings. The van der Waals surface area contributed by atoms with E-state index in [0.717, 1.165) is 36.8 Å². The Morgan fingerprint density at radius 1 is 1.06 bits per heavy atom. The molecule has 98 valence electrons. The van der Waals surface area contributed by atoms with Crippen LogP contribution in [0.3, 0.4) is 0 Å². The molecule has 0 radical (unpaired) electrons. The fourth-order valence-electron chi connectivity index (χ4n) is 2.29. The summed E-state index contributed by atoms with van der Waals surface area (Å²) in [6.45, 7) is 0.855. The van der Waals surface area contributed by atoms with Gasteiger partial charge in [-0.25, -0.2) is 8.78 Å². The second-order valence-electron chi connectivity index (χ2n) is 4.80. The highest BCUT2D eigenvalue weighted by Crippen LogP contribution is 2.25. The van der Waals surface area contributed by atoms with Gasteiger partial charge >= 0.3 is 0 Å². The highest BCUT2D eigenvalue weighted by atomic mass is 19.1. The maximum atomic E-state index is 13.8. The van der Waals surface area contributed by atoms with Crippen LogP contribution in [0.15, 0.2) is 35.7 Å². The zero-order valence-electron chi connectivity index (χ0n) is 10.5. The minimum absolute atomic E-state index is 0.00295. The van der Waals surface area contributed by atoms with E-state index in [4.69, 9.17) is 0 Å². The summed E-state index contributed by atoms with van der Waals surface area (Å²) in [4.78, 5) is 0. The molecule has 1 N–H and O–H groups in total. The van der Waals surface area contributed by atoms with Crippen molar-refractivity contribution in [3.63, 3.8) is 0 Å². The predicted octanol–water partition coefficient (Wildman–Crippen LogP) is 4.10. The topological polar surface area (TPSA) is 12.0 Å². The summed E-state index contributed by atoms with van der Waals surface area (Å²) in [6, 6.07) is 6.28. The Balaban J connectivity index is 1.79. The second-order valence-corrected chi connectivity index (χ2v) is 4.80. The Hall–Kier alpha value is -1.22. The van der Waals surface area contributed by atoms with Crippen LogP contribution in [0, 0.1) is 5.82 Å². The van der Waals surface area contributed by atoms with Crippen LogP contribution >= 0.6 is 0 Å². The van der Waals surface area contributed by atoms with Gasteiger partial charge < -0.3 is 5.32 Å². The van der Waals surface area contributed by atoms with Gasteiger partial charge in [0.25, 0.3) is 0 Å². The van der Waals surface area contributed by atoms with E-state index in [9.17, 15) is 8.78 Å². The summed E-state index contributed by atoms with van der Waals surface area (Å²) in [5.74, 6) is -0.244. The first kappa shape index (κ1) is 13.2. The summed E-state index contributed by atoms with van der Waals surface area (Å²) in [7, 11) is 0. The minimum Gasteiger partial charge on any atom is -0.306 e. The van der Waals surface area contributed by atoms with E-state index in [1.54, 1.807) is 12.1 Å². The van der Waals surface area contributed by atoms with E-state index in [2.05, 4.69) is 5.32 Å². The van der Waals surface area contributed by atoms with Gasteiger partial charge in [-0.1, -0.05) is 18.6 Å². The quantitative estimate of drug-likeness (QED) is 0.849. The molecule has 1 aromatic carbocycles. The van der Waals surface area contributed by atoms with Crippen molar-refractivity contribution in [2.45, 2.75) is 38.6 Å². The van der Waals surface area contributed by atoms with Gasteiger partial charge in [0.2, 0.25) is 0 Å². The molecule has 0 saturated heterocycles. The average Bonchev–Trinajstić information content (AvgIpc) is 2.42. The number of nitrogens with one attached hydrogen (secondary N) is 1. The molecule has 2 rings (SSSR count). The Kier molecular flexibility index (Phi) is 4.88. The molecule has 1 nitrogen and oxygen atoms in total. The minimum atomic E-state index is -0.241. The van der Waals surface area contributed by atoms with Crippen molar-refractivity contribution in [3.05, 3.63) is 47.0 Å². The maximum Gasteiger partial charge on any atom is 0.123 e. The van der Waals surface area contributed by atoms with Crippen LogP contribution in [0.1, 0.15) is 37.7 Å². The second kappa shape index (κ2) is 6.64. The van der Waals surface area contributed by atoms with Crippen molar-refractivity contribution >= 4 is 0 Å². The summed E-state index contributed by atoms with van der Waals surface area (Å²) < 4.78 is 26.5. The van der Waals surface area contributed by atoms with Gasteiger partial charge in [0.15, 0.2) is 0 Å². The van der Waals surface area contributed by atoms with E-state index >= 15 is 0 Å². The van der Waals surface area contributed by atoms with Gasteiger partial charge in [-0.3, -0.25) is 0 Å². The SMILES string of the molecule is FC(CNCc1ccc(F)cc1)=C1CCCCC1. The van der Waals surface area contributed by atoms with Crippen LogP contribution in [0.4, 0.5) is 8.78 Å². The maximum absolute atomic E-state index is 13.8. The van der Waals surface area contributed by atoms with Gasteiger partial charge in [-0.2, -0.15) is 0 Å². The van der Waals surface area contributed by atoms with E-state index in [0.29, 0.717) is 6.54 Å². The smallest absolute Gasteiger partial charge is 0.123 e. The first-order chi connectivity index (χ1) is 8.75. The summed E-state index contributed by atoms with van der Waals surface area (Å²) in [5.41, 5.74) is 1.95. The molecule has 0 amide bonds. The molecule has 1 fully saturated rings. The Morgan fingerprint density at radius 3 is 2.39 bits per heavy atom. The van der Waals surface area contributed by atoms with Gasteiger partial charge in [0, 0.05) is 13.1 Å². The van der Waals surface area contributed by atoms with Crippen molar-refractivity contribution in [3.8, 4) is 0 Å². The molecule has 0 atom stereocenters. The molecular weight excluding hydrogens is 232 g/mol. The van der Waals surface area contributed by atoms with Crippen molar-refractivity contribution in [1.29, 1.82) is 0 Å². The number of benzene rings is 1. The Morgan fingerprint density at radius 2 is 1.72 bits per heavy atom. The highest BCUT2D eigenvalue weighted by molar-refractivity contribution is 5.16. The molecule has 0 bridgehead atoms. The van der Waals surface area contributed by atoms with E-state index in [1.807, 2.05) is 0 Å². The predicted molar refractivity (Wildman–Crippen MR) is 69.3 cm³/mol. The number of hydrogen-bond acceptors (Lipinski definition) is 1. The zero-order valence-corrected chi connectivity index (χ0v) is 10.5. The van der Waals surface area contributed by atoms with Gasteiger partial charge in [0.05, 0.1) is 0 Å². The van der Waals surface area contributed by atoms with Crippen molar-refractivity contribution < 1.29 is 8.78 Å². The molecule has 0 aromatic heterocycles. The lowest BCUT2D eigenvalue weighted by molar-refractivity contribution is 0.514.